The summed E-state index contributed by atoms with van der Waals surface area (Å²) in [5.74, 6) is 0.663. The Kier molecular flexibility index (Phi) is 6.64. The summed E-state index contributed by atoms with van der Waals surface area (Å²) in [5, 5.41) is 0. The molecular formula is C17H25F3N4O. The predicted molar refractivity (Wildman–Crippen MR) is 90.4 cm³/mol. The van der Waals surface area contributed by atoms with Gasteiger partial charge in [-0.3, -0.25) is 9.69 Å². The number of hydrogen-bond acceptors (Lipinski definition) is 4. The van der Waals surface area contributed by atoms with Crippen LogP contribution in [0.4, 0.5) is 19.0 Å². The van der Waals surface area contributed by atoms with Crippen LogP contribution in [-0.2, 0) is 11.0 Å². The lowest BCUT2D eigenvalue weighted by molar-refractivity contribution is -0.137. The molecule has 8 heteroatoms. The van der Waals surface area contributed by atoms with Crippen molar-refractivity contribution < 1.29 is 18.0 Å². The number of alkyl halides is 3. The molecule has 5 nitrogen and oxygen atoms in total. The number of rotatable bonds is 5. The van der Waals surface area contributed by atoms with Gasteiger partial charge >= 0.3 is 6.18 Å². The van der Waals surface area contributed by atoms with Gasteiger partial charge in [0, 0.05) is 45.5 Å². The van der Waals surface area contributed by atoms with Crippen molar-refractivity contribution in [3.8, 4) is 0 Å². The molecule has 25 heavy (non-hydrogen) atoms. The number of halogens is 3. The van der Waals surface area contributed by atoms with Crippen molar-refractivity contribution in [3.05, 3.63) is 23.9 Å². The van der Waals surface area contributed by atoms with Crippen LogP contribution in [0.25, 0.3) is 0 Å². The summed E-state index contributed by atoms with van der Waals surface area (Å²) in [6, 6.07) is 2.48. The minimum Gasteiger partial charge on any atom is -0.355 e. The van der Waals surface area contributed by atoms with Gasteiger partial charge in [-0.1, -0.05) is 0 Å². The van der Waals surface area contributed by atoms with Crippen LogP contribution in [0.15, 0.2) is 18.3 Å². The highest BCUT2D eigenvalue weighted by molar-refractivity contribution is 5.78. The first kappa shape index (κ1) is 19.5. The number of aromatic nitrogens is 1. The fourth-order valence-corrected chi connectivity index (χ4v) is 2.97. The molecule has 1 aliphatic heterocycles. The smallest absolute Gasteiger partial charge is 0.355 e. The standard InChI is InChI=1S/C17H25F3N4O/c1-3-23(4-2)16(25)13-22-8-5-9-24(11-10-22)15-7-6-14(12-21-15)17(18,19)20/h6-7,12H,3-5,8-11,13H2,1-2H3. The number of likely N-dealkylation sites (N-methyl/N-ethyl adjacent to an activating group) is 1. The normalized spacial score (nSPS) is 16.6. The van der Waals surface area contributed by atoms with Crippen molar-refractivity contribution in [2.45, 2.75) is 26.4 Å². The molecule has 1 saturated heterocycles. The Bertz CT molecular complexity index is 558. The topological polar surface area (TPSA) is 39.7 Å². The van der Waals surface area contributed by atoms with Crippen molar-refractivity contribution in [1.82, 2.24) is 14.8 Å². The maximum absolute atomic E-state index is 12.6. The third-order valence-electron chi connectivity index (χ3n) is 4.46. The number of amides is 1. The number of carbonyl (C=O) groups is 1. The van der Waals surface area contributed by atoms with E-state index in [1.165, 1.54) is 6.07 Å². The van der Waals surface area contributed by atoms with E-state index in [-0.39, 0.29) is 5.91 Å². The maximum Gasteiger partial charge on any atom is 0.417 e. The van der Waals surface area contributed by atoms with Crippen LogP contribution in [0, 0.1) is 0 Å². The second kappa shape index (κ2) is 8.51. The molecule has 2 rings (SSSR count). The third-order valence-corrected chi connectivity index (χ3v) is 4.46. The first-order valence-electron chi connectivity index (χ1n) is 8.63. The van der Waals surface area contributed by atoms with Gasteiger partial charge in [0.05, 0.1) is 12.1 Å². The van der Waals surface area contributed by atoms with Crippen molar-refractivity contribution >= 4 is 11.7 Å². The summed E-state index contributed by atoms with van der Waals surface area (Å²) in [7, 11) is 0. The zero-order chi connectivity index (χ0) is 18.4. The lowest BCUT2D eigenvalue weighted by atomic mass is 10.2. The molecule has 1 amide bonds. The van der Waals surface area contributed by atoms with E-state index < -0.39 is 11.7 Å². The minimum absolute atomic E-state index is 0.117. The summed E-state index contributed by atoms with van der Waals surface area (Å²) >= 11 is 0. The fourth-order valence-electron chi connectivity index (χ4n) is 2.97. The molecule has 0 spiro atoms. The van der Waals surface area contributed by atoms with E-state index >= 15 is 0 Å². The molecule has 0 aliphatic carbocycles. The zero-order valence-corrected chi connectivity index (χ0v) is 14.7. The van der Waals surface area contributed by atoms with Gasteiger partial charge in [-0.2, -0.15) is 13.2 Å². The molecule has 140 valence electrons. The molecule has 2 heterocycles. The lowest BCUT2D eigenvalue weighted by Gasteiger charge is -2.25. The van der Waals surface area contributed by atoms with Gasteiger partial charge < -0.3 is 9.80 Å². The lowest BCUT2D eigenvalue weighted by Crippen LogP contribution is -2.41. The first-order chi connectivity index (χ1) is 11.8. The van der Waals surface area contributed by atoms with Gasteiger partial charge in [0.25, 0.3) is 0 Å². The highest BCUT2D eigenvalue weighted by Gasteiger charge is 2.31. The molecule has 0 unspecified atom stereocenters. The van der Waals surface area contributed by atoms with E-state index in [2.05, 4.69) is 9.88 Å². The van der Waals surface area contributed by atoms with Crippen molar-refractivity contribution in [1.29, 1.82) is 0 Å². The summed E-state index contributed by atoms with van der Waals surface area (Å²) in [6.07, 6.45) is -2.65. The predicted octanol–water partition coefficient (Wildman–Crippen LogP) is 2.48. The van der Waals surface area contributed by atoms with E-state index in [0.717, 1.165) is 25.2 Å². The summed E-state index contributed by atoms with van der Waals surface area (Å²) in [5.41, 5.74) is -0.738. The van der Waals surface area contributed by atoms with Gasteiger partial charge in [0.2, 0.25) is 5.91 Å². The number of anilines is 1. The summed E-state index contributed by atoms with van der Waals surface area (Å²) < 4.78 is 37.9. The molecule has 1 aromatic rings. The van der Waals surface area contributed by atoms with Gasteiger partial charge in [0.15, 0.2) is 0 Å². The van der Waals surface area contributed by atoms with Crippen molar-refractivity contribution in [3.63, 3.8) is 0 Å². The third kappa shape index (κ3) is 5.32. The fraction of sp³-hybridized carbons (Fsp3) is 0.647. The monoisotopic (exact) mass is 358 g/mol. The largest absolute Gasteiger partial charge is 0.417 e. The van der Waals surface area contributed by atoms with Crippen molar-refractivity contribution in [2.75, 3.05) is 50.7 Å². The van der Waals surface area contributed by atoms with E-state index in [4.69, 9.17) is 0 Å². The van der Waals surface area contributed by atoms with Gasteiger partial charge in [0.1, 0.15) is 5.82 Å². The number of pyridine rings is 1. The molecule has 1 aromatic heterocycles. The quantitative estimate of drug-likeness (QED) is 0.811. The van der Waals surface area contributed by atoms with E-state index in [9.17, 15) is 18.0 Å². The minimum atomic E-state index is -4.37. The molecule has 0 N–H and O–H groups in total. The summed E-state index contributed by atoms with van der Waals surface area (Å²) in [6.45, 7) is 8.55. The van der Waals surface area contributed by atoms with Crippen LogP contribution in [0.2, 0.25) is 0 Å². The molecule has 0 bridgehead atoms. The Hall–Kier alpha value is -1.83. The zero-order valence-electron chi connectivity index (χ0n) is 14.7. The molecule has 0 atom stereocenters. The molecule has 1 aliphatic rings. The van der Waals surface area contributed by atoms with E-state index in [0.29, 0.717) is 45.1 Å². The highest BCUT2D eigenvalue weighted by atomic mass is 19.4. The van der Waals surface area contributed by atoms with Crippen LogP contribution in [0.5, 0.6) is 0 Å². The molecule has 0 radical (unpaired) electrons. The average Bonchev–Trinajstić information content (AvgIpc) is 2.81. The summed E-state index contributed by atoms with van der Waals surface area (Å²) in [4.78, 5) is 22.1. The first-order valence-corrected chi connectivity index (χ1v) is 8.63. The Labute approximate surface area is 146 Å². The van der Waals surface area contributed by atoms with Gasteiger partial charge in [-0.05, 0) is 32.4 Å². The number of carbonyl (C=O) groups excluding carboxylic acids is 1. The van der Waals surface area contributed by atoms with Crippen molar-refractivity contribution in [2.24, 2.45) is 0 Å². The van der Waals surface area contributed by atoms with E-state index in [1.807, 2.05) is 18.7 Å². The van der Waals surface area contributed by atoms with Crippen LogP contribution < -0.4 is 4.90 Å². The Morgan fingerprint density at radius 2 is 1.88 bits per heavy atom. The Balaban J connectivity index is 1.94. The van der Waals surface area contributed by atoms with E-state index in [1.54, 1.807) is 4.90 Å². The second-order valence-electron chi connectivity index (χ2n) is 6.09. The number of hydrogen-bond donors (Lipinski definition) is 0. The average molecular weight is 358 g/mol. The maximum atomic E-state index is 12.6. The molecule has 0 aromatic carbocycles. The number of nitrogens with zero attached hydrogens (tertiary/aromatic N) is 4. The molecule has 0 saturated carbocycles. The molecular weight excluding hydrogens is 333 g/mol. The Morgan fingerprint density at radius 1 is 1.16 bits per heavy atom. The van der Waals surface area contributed by atoms with Crippen LogP contribution in [-0.4, -0.2) is 66.5 Å². The van der Waals surface area contributed by atoms with Gasteiger partial charge in [-0.15, -0.1) is 0 Å². The second-order valence-corrected chi connectivity index (χ2v) is 6.09. The van der Waals surface area contributed by atoms with Gasteiger partial charge in [-0.25, -0.2) is 4.98 Å². The van der Waals surface area contributed by atoms with Crippen LogP contribution >= 0.6 is 0 Å². The SMILES string of the molecule is CCN(CC)C(=O)CN1CCCN(c2ccc(C(F)(F)F)cn2)CC1. The highest BCUT2D eigenvalue weighted by Crippen LogP contribution is 2.29. The molecule has 1 fully saturated rings. The van der Waals surface area contributed by atoms with Crippen LogP contribution in [0.3, 0.4) is 0 Å². The Morgan fingerprint density at radius 3 is 2.44 bits per heavy atom. The van der Waals surface area contributed by atoms with Crippen LogP contribution in [0.1, 0.15) is 25.8 Å².